The predicted molar refractivity (Wildman–Crippen MR) is 130 cm³/mol. The van der Waals surface area contributed by atoms with E-state index in [1.165, 1.54) is 29.1 Å². The van der Waals surface area contributed by atoms with E-state index in [0.29, 0.717) is 34.5 Å². The molecule has 0 fully saturated rings. The summed E-state index contributed by atoms with van der Waals surface area (Å²) < 4.78 is 7.87. The van der Waals surface area contributed by atoms with Gasteiger partial charge in [-0.15, -0.1) is 0 Å². The highest BCUT2D eigenvalue weighted by Gasteiger charge is 2.13. The number of benzene rings is 3. The summed E-state index contributed by atoms with van der Waals surface area (Å²) in [4.78, 5) is 28.5. The van der Waals surface area contributed by atoms with Gasteiger partial charge in [0.05, 0.1) is 22.0 Å². The largest absolute Gasteiger partial charge is 0.488 e. The number of nitrogens with zero attached hydrogens (tertiary/aromatic N) is 4. The van der Waals surface area contributed by atoms with Crippen molar-refractivity contribution in [2.75, 3.05) is 0 Å². The topological polar surface area (TPSA) is 99.6 Å². The van der Waals surface area contributed by atoms with E-state index in [2.05, 4.69) is 26.0 Å². The molecule has 0 aliphatic carbocycles. The Kier molecular flexibility index (Phi) is 6.60. The molecule has 0 amide bonds. The molecule has 3 aromatic carbocycles. The van der Waals surface area contributed by atoms with Crippen LogP contribution in [-0.4, -0.2) is 20.8 Å². The molecule has 0 saturated carbocycles. The Balaban J connectivity index is 1.75. The van der Waals surface area contributed by atoms with Crippen LogP contribution in [-0.2, 0) is 13.0 Å². The molecular formula is C24H19BrN4O4. The lowest BCUT2D eigenvalue weighted by molar-refractivity contribution is -0.384. The maximum atomic E-state index is 13.1. The molecule has 8 nitrogen and oxygen atoms in total. The van der Waals surface area contributed by atoms with Crippen molar-refractivity contribution in [2.45, 2.75) is 20.0 Å². The number of ether oxygens (including phenoxy) is 1. The lowest BCUT2D eigenvalue weighted by Crippen LogP contribution is -2.22. The van der Waals surface area contributed by atoms with Crippen molar-refractivity contribution in [1.82, 2.24) is 9.66 Å². The molecule has 4 rings (SSSR count). The number of hydrogen-bond acceptors (Lipinski definition) is 6. The Morgan fingerprint density at radius 3 is 2.67 bits per heavy atom. The zero-order valence-corrected chi connectivity index (χ0v) is 19.2. The number of nitro groups is 1. The van der Waals surface area contributed by atoms with E-state index >= 15 is 0 Å². The Bertz CT molecular complexity index is 1420. The highest BCUT2D eigenvalue weighted by Crippen LogP contribution is 2.24. The van der Waals surface area contributed by atoms with Gasteiger partial charge in [0.25, 0.3) is 11.2 Å². The average Bonchev–Trinajstić information content (AvgIpc) is 2.83. The van der Waals surface area contributed by atoms with Crippen molar-refractivity contribution >= 4 is 38.7 Å². The number of nitro benzene ring substituents is 1. The Morgan fingerprint density at radius 2 is 1.94 bits per heavy atom. The zero-order chi connectivity index (χ0) is 23.4. The molecular weight excluding hydrogens is 488 g/mol. The quantitative estimate of drug-likeness (QED) is 0.197. The van der Waals surface area contributed by atoms with E-state index in [1.807, 2.05) is 43.3 Å². The molecule has 0 atom stereocenters. The fourth-order valence-electron chi connectivity index (χ4n) is 3.28. The zero-order valence-electron chi connectivity index (χ0n) is 17.6. The highest BCUT2D eigenvalue weighted by molar-refractivity contribution is 9.10. The summed E-state index contributed by atoms with van der Waals surface area (Å²) in [6.07, 6.45) is 1.87. The minimum absolute atomic E-state index is 0.104. The molecule has 166 valence electrons. The summed E-state index contributed by atoms with van der Waals surface area (Å²) in [6.45, 7) is 2.16. The predicted octanol–water partition coefficient (Wildman–Crippen LogP) is 5.09. The minimum Gasteiger partial charge on any atom is -0.488 e. The number of rotatable bonds is 7. The minimum atomic E-state index is -0.489. The molecule has 0 spiro atoms. The summed E-state index contributed by atoms with van der Waals surface area (Å²) >= 11 is 3.38. The summed E-state index contributed by atoms with van der Waals surface area (Å²) in [7, 11) is 0. The van der Waals surface area contributed by atoms with Crippen molar-refractivity contribution in [3.8, 4) is 5.75 Å². The van der Waals surface area contributed by atoms with Gasteiger partial charge in [0.2, 0.25) is 0 Å². The van der Waals surface area contributed by atoms with Crippen LogP contribution in [0, 0.1) is 10.1 Å². The first-order chi connectivity index (χ1) is 16.0. The standard InChI is InChI=1S/C24H19BrN4O4/c1-2-23-27-21-10-8-18(25)13-20(21)24(30)28(23)26-14-17-12-19(29(31)32)9-11-22(17)33-15-16-6-4-3-5-7-16/h3-14H,2,15H2,1H3. The van der Waals surface area contributed by atoms with E-state index in [0.717, 1.165) is 10.0 Å². The number of aromatic nitrogens is 2. The van der Waals surface area contributed by atoms with Crippen LogP contribution in [0.15, 0.2) is 81.1 Å². The molecule has 0 aliphatic rings. The number of aryl methyl sites for hydroxylation is 1. The van der Waals surface area contributed by atoms with Gasteiger partial charge >= 0.3 is 0 Å². The normalized spacial score (nSPS) is 11.2. The van der Waals surface area contributed by atoms with Crippen LogP contribution in [0.3, 0.4) is 0 Å². The Morgan fingerprint density at radius 1 is 1.15 bits per heavy atom. The number of non-ortho nitro benzene ring substituents is 1. The van der Waals surface area contributed by atoms with Crippen molar-refractivity contribution in [3.05, 3.63) is 109 Å². The fourth-order valence-corrected chi connectivity index (χ4v) is 3.64. The first-order valence-corrected chi connectivity index (χ1v) is 11.0. The molecule has 9 heteroatoms. The van der Waals surface area contributed by atoms with Gasteiger partial charge < -0.3 is 4.74 Å². The van der Waals surface area contributed by atoms with Gasteiger partial charge in [0.1, 0.15) is 18.2 Å². The van der Waals surface area contributed by atoms with Crippen LogP contribution >= 0.6 is 15.9 Å². The Hall–Kier alpha value is -3.85. The molecule has 4 aromatic rings. The average molecular weight is 507 g/mol. The second-order valence-corrected chi connectivity index (χ2v) is 8.07. The lowest BCUT2D eigenvalue weighted by atomic mass is 10.2. The summed E-state index contributed by atoms with van der Waals surface area (Å²) in [6, 6.07) is 19.1. The van der Waals surface area contributed by atoms with Crippen molar-refractivity contribution in [2.24, 2.45) is 5.10 Å². The summed E-state index contributed by atoms with van der Waals surface area (Å²) in [5.74, 6) is 0.888. The first kappa shape index (κ1) is 22.3. The van der Waals surface area contributed by atoms with Crippen molar-refractivity contribution < 1.29 is 9.66 Å². The van der Waals surface area contributed by atoms with Crippen LogP contribution in [0.5, 0.6) is 5.75 Å². The third-order valence-electron chi connectivity index (χ3n) is 4.95. The molecule has 33 heavy (non-hydrogen) atoms. The molecule has 1 heterocycles. The van der Waals surface area contributed by atoms with E-state index in [1.54, 1.807) is 12.1 Å². The van der Waals surface area contributed by atoms with Crippen LogP contribution < -0.4 is 10.3 Å². The fraction of sp³-hybridized carbons (Fsp3) is 0.125. The SMILES string of the molecule is CCc1nc2ccc(Br)cc2c(=O)n1N=Cc1cc([N+](=O)[O-])ccc1OCc1ccccc1. The van der Waals surface area contributed by atoms with Gasteiger partial charge in [0.15, 0.2) is 0 Å². The highest BCUT2D eigenvalue weighted by atomic mass is 79.9. The molecule has 0 aliphatic heterocycles. The molecule has 0 N–H and O–H groups in total. The second kappa shape index (κ2) is 9.74. The van der Waals surface area contributed by atoms with Gasteiger partial charge in [-0.1, -0.05) is 53.2 Å². The van der Waals surface area contributed by atoms with Crippen molar-refractivity contribution in [3.63, 3.8) is 0 Å². The van der Waals surface area contributed by atoms with Crippen LogP contribution in [0.4, 0.5) is 5.69 Å². The smallest absolute Gasteiger partial charge is 0.282 e. The van der Waals surface area contributed by atoms with E-state index < -0.39 is 4.92 Å². The molecule has 0 saturated heterocycles. The van der Waals surface area contributed by atoms with Gasteiger partial charge in [-0.3, -0.25) is 14.9 Å². The second-order valence-electron chi connectivity index (χ2n) is 7.16. The molecule has 0 unspecified atom stereocenters. The molecule has 0 radical (unpaired) electrons. The van der Waals surface area contributed by atoms with Crippen LogP contribution in [0.25, 0.3) is 10.9 Å². The number of fused-ring (bicyclic) bond motifs is 1. The van der Waals surface area contributed by atoms with E-state index in [9.17, 15) is 14.9 Å². The summed E-state index contributed by atoms with van der Waals surface area (Å²) in [5, 5.41) is 16.1. The van der Waals surface area contributed by atoms with Gasteiger partial charge in [-0.25, -0.2) is 4.98 Å². The third-order valence-corrected chi connectivity index (χ3v) is 5.44. The van der Waals surface area contributed by atoms with Gasteiger partial charge in [-0.05, 0) is 29.8 Å². The molecule has 0 bridgehead atoms. The molecule has 1 aromatic heterocycles. The summed E-state index contributed by atoms with van der Waals surface area (Å²) in [5.41, 5.74) is 1.48. The maximum Gasteiger partial charge on any atom is 0.282 e. The monoisotopic (exact) mass is 506 g/mol. The van der Waals surface area contributed by atoms with Crippen molar-refractivity contribution in [1.29, 1.82) is 0 Å². The van der Waals surface area contributed by atoms with Crippen LogP contribution in [0.2, 0.25) is 0 Å². The third kappa shape index (κ3) is 4.98. The van der Waals surface area contributed by atoms with Crippen LogP contribution in [0.1, 0.15) is 23.9 Å². The first-order valence-electron chi connectivity index (χ1n) is 10.2. The van der Waals surface area contributed by atoms with Gasteiger partial charge in [-0.2, -0.15) is 9.78 Å². The lowest BCUT2D eigenvalue weighted by Gasteiger charge is -2.10. The number of hydrogen-bond donors (Lipinski definition) is 0. The van der Waals surface area contributed by atoms with E-state index in [-0.39, 0.29) is 17.9 Å². The maximum absolute atomic E-state index is 13.1. The van der Waals surface area contributed by atoms with Gasteiger partial charge in [0, 0.05) is 28.6 Å². The Labute approximate surface area is 197 Å². The van der Waals surface area contributed by atoms with E-state index in [4.69, 9.17) is 4.74 Å². The number of halogens is 1.